The van der Waals surface area contributed by atoms with Crippen LogP contribution in [0.15, 0.2) is 48.8 Å². The molecule has 4 rings (SSSR count). The molecule has 0 bridgehead atoms. The fraction of sp³-hybridized carbons (Fsp3) is 0.182. The molecule has 0 fully saturated rings. The minimum Gasteiger partial charge on any atom is -0.497 e. The second-order valence-electron chi connectivity index (χ2n) is 6.59. The molecule has 0 spiro atoms. The number of rotatable bonds is 4. The Kier molecular flexibility index (Phi) is 4.54. The number of methoxy groups -OCH3 is 1. The van der Waals surface area contributed by atoms with Crippen molar-refractivity contribution in [3.63, 3.8) is 0 Å². The van der Waals surface area contributed by atoms with Crippen molar-refractivity contribution in [3.05, 3.63) is 64.8 Å². The standard InChI is InChI=1S/C22H21N3OS/c1-13-5-6-16(11-14(13)2)19-15(3)27-22-20(19)21(23-12-24-22)25-17-7-9-18(26-4)10-8-17/h5-12H,1-4H3,(H,23,24,25). The van der Waals surface area contributed by atoms with Crippen LogP contribution in [0.25, 0.3) is 21.3 Å². The molecule has 0 aliphatic carbocycles. The highest BCUT2D eigenvalue weighted by Gasteiger charge is 2.17. The highest BCUT2D eigenvalue weighted by atomic mass is 32.1. The van der Waals surface area contributed by atoms with E-state index in [0.717, 1.165) is 27.5 Å². The van der Waals surface area contributed by atoms with Gasteiger partial charge in [-0.3, -0.25) is 0 Å². The van der Waals surface area contributed by atoms with Crippen molar-refractivity contribution < 1.29 is 4.74 Å². The summed E-state index contributed by atoms with van der Waals surface area (Å²) in [6.07, 6.45) is 1.62. The molecular formula is C22H21N3OS. The second kappa shape index (κ2) is 7.00. The average Bonchev–Trinajstić information content (AvgIpc) is 3.01. The van der Waals surface area contributed by atoms with Gasteiger partial charge in [0, 0.05) is 16.1 Å². The SMILES string of the molecule is COc1ccc(Nc2ncnc3sc(C)c(-c4ccc(C)c(C)c4)c23)cc1. The molecule has 2 heterocycles. The molecule has 0 radical (unpaired) electrons. The quantitative estimate of drug-likeness (QED) is 0.473. The van der Waals surface area contributed by atoms with Crippen LogP contribution in [0.1, 0.15) is 16.0 Å². The van der Waals surface area contributed by atoms with Crippen molar-refractivity contribution in [1.82, 2.24) is 9.97 Å². The summed E-state index contributed by atoms with van der Waals surface area (Å²) < 4.78 is 5.24. The lowest BCUT2D eigenvalue weighted by Crippen LogP contribution is -1.96. The van der Waals surface area contributed by atoms with Crippen molar-refractivity contribution in [3.8, 4) is 16.9 Å². The first-order chi connectivity index (χ1) is 13.1. The van der Waals surface area contributed by atoms with Gasteiger partial charge in [0.25, 0.3) is 0 Å². The molecule has 0 unspecified atom stereocenters. The highest BCUT2D eigenvalue weighted by Crippen LogP contribution is 2.41. The van der Waals surface area contributed by atoms with Gasteiger partial charge in [0.2, 0.25) is 0 Å². The van der Waals surface area contributed by atoms with Gasteiger partial charge in [0.1, 0.15) is 22.7 Å². The van der Waals surface area contributed by atoms with Crippen molar-refractivity contribution in [2.24, 2.45) is 0 Å². The maximum absolute atomic E-state index is 5.24. The molecule has 2 aromatic carbocycles. The molecule has 0 aliphatic rings. The van der Waals surface area contributed by atoms with E-state index in [-0.39, 0.29) is 0 Å². The number of hydrogen-bond acceptors (Lipinski definition) is 5. The Hall–Kier alpha value is -2.92. The van der Waals surface area contributed by atoms with Crippen molar-refractivity contribution in [2.45, 2.75) is 20.8 Å². The Morgan fingerprint density at radius 3 is 2.41 bits per heavy atom. The smallest absolute Gasteiger partial charge is 0.143 e. The van der Waals surface area contributed by atoms with E-state index >= 15 is 0 Å². The zero-order valence-electron chi connectivity index (χ0n) is 15.8. The number of aromatic nitrogens is 2. The molecule has 4 nitrogen and oxygen atoms in total. The molecule has 0 amide bonds. The molecule has 5 heteroatoms. The van der Waals surface area contributed by atoms with Crippen LogP contribution in [0.2, 0.25) is 0 Å². The lowest BCUT2D eigenvalue weighted by atomic mass is 9.99. The summed E-state index contributed by atoms with van der Waals surface area (Å²) in [4.78, 5) is 11.3. The van der Waals surface area contributed by atoms with E-state index in [9.17, 15) is 0 Å². The van der Waals surface area contributed by atoms with Gasteiger partial charge in [-0.25, -0.2) is 9.97 Å². The number of benzene rings is 2. The number of ether oxygens (including phenoxy) is 1. The third kappa shape index (κ3) is 3.26. The van der Waals surface area contributed by atoms with Gasteiger partial charge in [0.15, 0.2) is 0 Å². The first-order valence-electron chi connectivity index (χ1n) is 8.79. The van der Waals surface area contributed by atoms with Crippen LogP contribution < -0.4 is 10.1 Å². The monoisotopic (exact) mass is 375 g/mol. The second-order valence-corrected chi connectivity index (χ2v) is 7.79. The van der Waals surface area contributed by atoms with E-state index in [1.54, 1.807) is 24.8 Å². The lowest BCUT2D eigenvalue weighted by molar-refractivity contribution is 0.415. The number of nitrogens with zero attached hydrogens (tertiary/aromatic N) is 2. The Morgan fingerprint density at radius 1 is 0.926 bits per heavy atom. The summed E-state index contributed by atoms with van der Waals surface area (Å²) in [6, 6.07) is 14.4. The van der Waals surface area contributed by atoms with Gasteiger partial charge in [-0.1, -0.05) is 18.2 Å². The number of hydrogen-bond donors (Lipinski definition) is 1. The van der Waals surface area contributed by atoms with E-state index < -0.39 is 0 Å². The van der Waals surface area contributed by atoms with Crippen LogP contribution >= 0.6 is 11.3 Å². The van der Waals surface area contributed by atoms with Crippen LogP contribution in [-0.2, 0) is 0 Å². The molecular weight excluding hydrogens is 354 g/mol. The third-order valence-corrected chi connectivity index (χ3v) is 5.83. The molecule has 4 aromatic rings. The van der Waals surface area contributed by atoms with Crippen LogP contribution in [-0.4, -0.2) is 17.1 Å². The molecule has 0 saturated carbocycles. The van der Waals surface area contributed by atoms with E-state index in [1.807, 2.05) is 24.3 Å². The van der Waals surface area contributed by atoms with Gasteiger partial charge >= 0.3 is 0 Å². The first kappa shape index (κ1) is 17.5. The summed E-state index contributed by atoms with van der Waals surface area (Å²) >= 11 is 1.70. The van der Waals surface area contributed by atoms with Gasteiger partial charge in [0.05, 0.1) is 12.5 Å². The van der Waals surface area contributed by atoms with Crippen molar-refractivity contribution in [1.29, 1.82) is 0 Å². The van der Waals surface area contributed by atoms with Crippen LogP contribution in [0.3, 0.4) is 0 Å². The summed E-state index contributed by atoms with van der Waals surface area (Å²) in [6.45, 7) is 6.43. The number of nitrogens with one attached hydrogen (secondary N) is 1. The normalized spacial score (nSPS) is 11.0. The number of anilines is 2. The summed E-state index contributed by atoms with van der Waals surface area (Å²) in [5.74, 6) is 1.65. The largest absolute Gasteiger partial charge is 0.497 e. The van der Waals surface area contributed by atoms with Crippen LogP contribution in [0.4, 0.5) is 11.5 Å². The lowest BCUT2D eigenvalue weighted by Gasteiger charge is -2.10. The number of fused-ring (bicyclic) bond motifs is 1. The van der Waals surface area contributed by atoms with Gasteiger partial charge in [-0.15, -0.1) is 11.3 Å². The third-order valence-electron chi connectivity index (χ3n) is 4.81. The molecule has 0 atom stereocenters. The molecule has 2 aromatic heterocycles. The minimum absolute atomic E-state index is 0.822. The molecule has 0 saturated heterocycles. The van der Waals surface area contributed by atoms with Gasteiger partial charge in [-0.05, 0) is 61.7 Å². The molecule has 27 heavy (non-hydrogen) atoms. The maximum Gasteiger partial charge on any atom is 0.143 e. The van der Waals surface area contributed by atoms with E-state index in [0.29, 0.717) is 0 Å². The van der Waals surface area contributed by atoms with E-state index in [4.69, 9.17) is 4.74 Å². The zero-order chi connectivity index (χ0) is 19.0. The predicted molar refractivity (Wildman–Crippen MR) is 113 cm³/mol. The van der Waals surface area contributed by atoms with Crippen molar-refractivity contribution >= 4 is 33.1 Å². The minimum atomic E-state index is 0.822. The Balaban J connectivity index is 1.85. The van der Waals surface area contributed by atoms with Crippen molar-refractivity contribution in [2.75, 3.05) is 12.4 Å². The maximum atomic E-state index is 5.24. The summed E-state index contributed by atoms with van der Waals surface area (Å²) in [5, 5.41) is 4.52. The number of thiophene rings is 1. The average molecular weight is 375 g/mol. The molecule has 1 N–H and O–H groups in total. The molecule has 136 valence electrons. The zero-order valence-corrected chi connectivity index (χ0v) is 16.6. The summed E-state index contributed by atoms with van der Waals surface area (Å²) in [7, 11) is 1.67. The van der Waals surface area contributed by atoms with Crippen LogP contribution in [0.5, 0.6) is 5.75 Å². The molecule has 0 aliphatic heterocycles. The van der Waals surface area contributed by atoms with E-state index in [1.165, 1.54) is 27.1 Å². The van der Waals surface area contributed by atoms with E-state index in [2.05, 4.69) is 54.3 Å². The fourth-order valence-electron chi connectivity index (χ4n) is 3.19. The van der Waals surface area contributed by atoms with Gasteiger partial charge in [-0.2, -0.15) is 0 Å². The van der Waals surface area contributed by atoms with Crippen LogP contribution in [0, 0.1) is 20.8 Å². The number of aryl methyl sites for hydroxylation is 3. The predicted octanol–water partition coefficient (Wildman–Crippen LogP) is 6.04. The van der Waals surface area contributed by atoms with Gasteiger partial charge < -0.3 is 10.1 Å². The highest BCUT2D eigenvalue weighted by molar-refractivity contribution is 7.19. The Labute approximate surface area is 162 Å². The Bertz CT molecular complexity index is 1120. The topological polar surface area (TPSA) is 47.0 Å². The summed E-state index contributed by atoms with van der Waals surface area (Å²) in [5.41, 5.74) is 5.95. The fourth-order valence-corrected chi connectivity index (χ4v) is 4.21. The Morgan fingerprint density at radius 2 is 1.70 bits per heavy atom. The first-order valence-corrected chi connectivity index (χ1v) is 9.61.